The Morgan fingerprint density at radius 3 is 2.32 bits per heavy atom. The number of carbonyl (C=O) groups excluding carboxylic acids is 1. The summed E-state index contributed by atoms with van der Waals surface area (Å²) in [4.78, 5) is 12.6. The zero-order chi connectivity index (χ0) is 15.3. The van der Waals surface area contributed by atoms with E-state index in [0.29, 0.717) is 0 Å². The maximum atomic E-state index is 14.3. The maximum Gasteiger partial charge on any atom is 0.254 e. The molecule has 0 aliphatic heterocycles. The SMILES string of the molecule is COc1cccc(C(=O)NC23CC4CC(CC(C4)C2)C3)c1F. The third-order valence-corrected chi connectivity index (χ3v) is 5.84. The number of hydrogen-bond acceptors (Lipinski definition) is 2. The van der Waals surface area contributed by atoms with E-state index in [9.17, 15) is 9.18 Å². The molecule has 0 aromatic heterocycles. The molecule has 22 heavy (non-hydrogen) atoms. The van der Waals surface area contributed by atoms with Gasteiger partial charge in [-0.15, -0.1) is 0 Å². The Labute approximate surface area is 130 Å². The molecule has 5 rings (SSSR count). The second-order valence-corrected chi connectivity index (χ2v) is 7.47. The van der Waals surface area contributed by atoms with Gasteiger partial charge in [0.25, 0.3) is 5.91 Å². The van der Waals surface area contributed by atoms with Crippen LogP contribution in [0.25, 0.3) is 0 Å². The van der Waals surface area contributed by atoms with Crippen molar-refractivity contribution in [1.29, 1.82) is 0 Å². The van der Waals surface area contributed by atoms with Crippen LogP contribution in [0.2, 0.25) is 0 Å². The van der Waals surface area contributed by atoms with Gasteiger partial charge < -0.3 is 10.1 Å². The molecular weight excluding hydrogens is 281 g/mol. The molecule has 4 aliphatic rings. The summed E-state index contributed by atoms with van der Waals surface area (Å²) in [7, 11) is 1.42. The lowest BCUT2D eigenvalue weighted by Gasteiger charge is -2.56. The van der Waals surface area contributed by atoms with E-state index in [2.05, 4.69) is 5.32 Å². The molecular formula is C18H22FNO2. The normalized spacial score (nSPS) is 35.5. The molecule has 1 aromatic carbocycles. The quantitative estimate of drug-likeness (QED) is 0.927. The molecule has 4 bridgehead atoms. The third-order valence-electron chi connectivity index (χ3n) is 5.84. The number of ether oxygens (including phenoxy) is 1. The molecule has 3 nitrogen and oxygen atoms in total. The van der Waals surface area contributed by atoms with Gasteiger partial charge in [0.15, 0.2) is 11.6 Å². The number of rotatable bonds is 3. The van der Waals surface area contributed by atoms with E-state index >= 15 is 0 Å². The minimum absolute atomic E-state index is 0.0927. The first-order chi connectivity index (χ1) is 10.6. The second-order valence-electron chi connectivity index (χ2n) is 7.47. The van der Waals surface area contributed by atoms with Crippen molar-refractivity contribution in [3.8, 4) is 5.75 Å². The molecule has 4 saturated carbocycles. The summed E-state index contributed by atoms with van der Waals surface area (Å²) in [6, 6.07) is 4.74. The van der Waals surface area contributed by atoms with Crippen molar-refractivity contribution in [3.63, 3.8) is 0 Å². The summed E-state index contributed by atoms with van der Waals surface area (Å²) in [6.45, 7) is 0. The minimum Gasteiger partial charge on any atom is -0.494 e. The van der Waals surface area contributed by atoms with Gasteiger partial charge in [0.2, 0.25) is 0 Å². The lowest BCUT2D eigenvalue weighted by molar-refractivity contribution is -0.0167. The zero-order valence-electron chi connectivity index (χ0n) is 12.9. The summed E-state index contributed by atoms with van der Waals surface area (Å²) in [5.74, 6) is 1.52. The Balaban J connectivity index is 1.57. The molecule has 4 fully saturated rings. The van der Waals surface area contributed by atoms with Gasteiger partial charge >= 0.3 is 0 Å². The van der Waals surface area contributed by atoms with Crippen molar-refractivity contribution >= 4 is 5.91 Å². The van der Waals surface area contributed by atoms with Gasteiger partial charge in [-0.3, -0.25) is 4.79 Å². The smallest absolute Gasteiger partial charge is 0.254 e. The second kappa shape index (κ2) is 4.97. The molecule has 0 atom stereocenters. The first kappa shape index (κ1) is 14.0. The number of halogens is 1. The van der Waals surface area contributed by atoms with Gasteiger partial charge in [-0.1, -0.05) is 6.07 Å². The van der Waals surface area contributed by atoms with Gasteiger partial charge in [0.05, 0.1) is 12.7 Å². The van der Waals surface area contributed by atoms with E-state index in [-0.39, 0.29) is 22.8 Å². The van der Waals surface area contributed by atoms with E-state index < -0.39 is 5.82 Å². The molecule has 1 amide bonds. The van der Waals surface area contributed by atoms with Crippen molar-refractivity contribution in [2.75, 3.05) is 7.11 Å². The van der Waals surface area contributed by atoms with Crippen LogP contribution in [0.15, 0.2) is 18.2 Å². The molecule has 0 unspecified atom stereocenters. The van der Waals surface area contributed by atoms with Gasteiger partial charge in [-0.05, 0) is 68.4 Å². The van der Waals surface area contributed by atoms with Crippen LogP contribution in [0.1, 0.15) is 48.9 Å². The van der Waals surface area contributed by atoms with Crippen LogP contribution in [-0.2, 0) is 0 Å². The summed E-state index contributed by atoms with van der Waals surface area (Å²) in [6.07, 6.45) is 7.16. The van der Waals surface area contributed by atoms with Crippen molar-refractivity contribution in [1.82, 2.24) is 5.32 Å². The van der Waals surface area contributed by atoms with Gasteiger partial charge in [-0.25, -0.2) is 4.39 Å². The van der Waals surface area contributed by atoms with Crippen molar-refractivity contribution in [3.05, 3.63) is 29.6 Å². The molecule has 118 valence electrons. The average Bonchev–Trinajstić information content (AvgIpc) is 2.45. The first-order valence-electron chi connectivity index (χ1n) is 8.23. The number of hydrogen-bond donors (Lipinski definition) is 1. The van der Waals surface area contributed by atoms with Gasteiger partial charge in [0.1, 0.15) is 0 Å². The minimum atomic E-state index is -0.563. The molecule has 0 spiro atoms. The Morgan fingerprint density at radius 2 is 1.77 bits per heavy atom. The highest BCUT2D eigenvalue weighted by molar-refractivity contribution is 5.95. The largest absolute Gasteiger partial charge is 0.494 e. The monoisotopic (exact) mass is 303 g/mol. The number of methoxy groups -OCH3 is 1. The van der Waals surface area contributed by atoms with Crippen molar-refractivity contribution in [2.45, 2.75) is 44.1 Å². The van der Waals surface area contributed by atoms with Crippen LogP contribution >= 0.6 is 0 Å². The molecule has 1 N–H and O–H groups in total. The van der Waals surface area contributed by atoms with Crippen LogP contribution in [0, 0.1) is 23.6 Å². The van der Waals surface area contributed by atoms with Crippen LogP contribution in [0.4, 0.5) is 4.39 Å². The Bertz CT molecular complexity index is 578. The summed E-state index contributed by atoms with van der Waals surface area (Å²) < 4.78 is 19.3. The fourth-order valence-corrected chi connectivity index (χ4v) is 5.42. The summed E-state index contributed by atoms with van der Waals surface area (Å²) >= 11 is 0. The fraction of sp³-hybridized carbons (Fsp3) is 0.611. The number of nitrogens with one attached hydrogen (secondary N) is 1. The number of carbonyl (C=O) groups is 1. The van der Waals surface area contributed by atoms with Gasteiger partial charge in [0, 0.05) is 5.54 Å². The van der Waals surface area contributed by atoms with Crippen molar-refractivity contribution < 1.29 is 13.9 Å². The summed E-state index contributed by atoms with van der Waals surface area (Å²) in [5.41, 5.74) is -0.00320. The van der Waals surface area contributed by atoms with E-state index in [4.69, 9.17) is 4.74 Å². The Morgan fingerprint density at radius 1 is 1.18 bits per heavy atom. The topological polar surface area (TPSA) is 38.3 Å². The molecule has 0 saturated heterocycles. The maximum absolute atomic E-state index is 14.3. The Kier molecular flexibility index (Phi) is 3.17. The van der Waals surface area contributed by atoms with E-state index in [1.54, 1.807) is 6.07 Å². The molecule has 4 heteroatoms. The van der Waals surface area contributed by atoms with E-state index in [1.807, 2.05) is 0 Å². The molecule has 1 aromatic rings. The zero-order valence-corrected chi connectivity index (χ0v) is 12.9. The average molecular weight is 303 g/mol. The lowest BCUT2D eigenvalue weighted by atomic mass is 9.53. The first-order valence-corrected chi connectivity index (χ1v) is 8.23. The standard InChI is InChI=1S/C18H22FNO2/c1-22-15-4-2-3-14(16(15)19)17(21)20-18-8-11-5-12(9-18)7-13(6-11)10-18/h2-4,11-13H,5-10H2,1H3,(H,20,21). The number of benzene rings is 1. The fourth-order valence-electron chi connectivity index (χ4n) is 5.42. The lowest BCUT2D eigenvalue weighted by Crippen LogP contribution is -2.59. The molecule has 0 radical (unpaired) electrons. The van der Waals surface area contributed by atoms with Crippen LogP contribution in [0.5, 0.6) is 5.75 Å². The number of amides is 1. The molecule has 4 aliphatic carbocycles. The van der Waals surface area contributed by atoms with Crippen LogP contribution < -0.4 is 10.1 Å². The highest BCUT2D eigenvalue weighted by atomic mass is 19.1. The van der Waals surface area contributed by atoms with E-state index in [0.717, 1.165) is 37.0 Å². The molecule has 0 heterocycles. The van der Waals surface area contributed by atoms with E-state index in [1.165, 1.54) is 38.5 Å². The van der Waals surface area contributed by atoms with Crippen LogP contribution in [0.3, 0.4) is 0 Å². The third kappa shape index (κ3) is 2.20. The predicted octanol–water partition coefficient (Wildman–Crippen LogP) is 3.53. The van der Waals surface area contributed by atoms with Crippen molar-refractivity contribution in [2.24, 2.45) is 17.8 Å². The van der Waals surface area contributed by atoms with Crippen LogP contribution in [-0.4, -0.2) is 18.6 Å². The predicted molar refractivity (Wildman–Crippen MR) is 81.3 cm³/mol. The Hall–Kier alpha value is -1.58. The van der Waals surface area contributed by atoms with Gasteiger partial charge in [-0.2, -0.15) is 0 Å². The summed E-state index contributed by atoms with van der Waals surface area (Å²) in [5, 5.41) is 3.20. The highest BCUT2D eigenvalue weighted by Crippen LogP contribution is 2.55. The highest BCUT2D eigenvalue weighted by Gasteiger charge is 2.51.